The van der Waals surface area contributed by atoms with Crippen LogP contribution in [0.15, 0.2) is 40.1 Å². The van der Waals surface area contributed by atoms with Crippen LogP contribution < -0.4 is 11.2 Å². The highest BCUT2D eigenvalue weighted by Crippen LogP contribution is 2.33. The van der Waals surface area contributed by atoms with E-state index in [-0.39, 0.29) is 29.8 Å². The first kappa shape index (κ1) is 25.8. The summed E-state index contributed by atoms with van der Waals surface area (Å²) in [5, 5.41) is 31.1. The number of hydrogen-bond acceptors (Lipinski definition) is 8. The van der Waals surface area contributed by atoms with Gasteiger partial charge in [0.1, 0.15) is 18.4 Å². The number of nitro benzene ring substituents is 1. The summed E-state index contributed by atoms with van der Waals surface area (Å²) in [4.78, 5) is 38.7. The van der Waals surface area contributed by atoms with Gasteiger partial charge in [0.2, 0.25) is 0 Å². The van der Waals surface area contributed by atoms with Crippen LogP contribution in [0, 0.1) is 10.1 Å². The molecule has 1 saturated heterocycles. The number of benzene rings is 1. The van der Waals surface area contributed by atoms with Gasteiger partial charge < -0.3 is 19.7 Å². The summed E-state index contributed by atoms with van der Waals surface area (Å²) >= 11 is 0. The fraction of sp³-hybridized carbons (Fsp3) is 0.565. The van der Waals surface area contributed by atoms with E-state index >= 15 is 0 Å². The van der Waals surface area contributed by atoms with Crippen LogP contribution in [0.4, 0.5) is 5.69 Å². The first-order valence-corrected chi connectivity index (χ1v) is 11.5. The second kappa shape index (κ2) is 12.0. The van der Waals surface area contributed by atoms with Gasteiger partial charge in [-0.25, -0.2) is 4.79 Å². The zero-order valence-corrected chi connectivity index (χ0v) is 19.1. The van der Waals surface area contributed by atoms with Crippen molar-refractivity contribution in [2.75, 3.05) is 13.2 Å². The molecule has 11 heteroatoms. The molecule has 0 saturated carbocycles. The maximum Gasteiger partial charge on any atom is 0.330 e. The maximum atomic E-state index is 12.8. The summed E-state index contributed by atoms with van der Waals surface area (Å²) < 4.78 is 12.7. The standard InChI is InChI=1S/C23H31N3O8/c1-2-3-4-5-8-11-33-21(15-9-6-7-10-17(15)26(31)32)16-13-25(23(30)24-22(16)29)20-12-18(28)19(14-27)34-20/h6-7,9-10,13,18-21,27-28H,2-5,8,11-12,14H2,1H3,(H,24,29,30)/t18-,19+,20+,21?/m0/s1. The van der Waals surface area contributed by atoms with Crippen LogP contribution in [0.5, 0.6) is 0 Å². The van der Waals surface area contributed by atoms with Crippen LogP contribution in [-0.2, 0) is 9.47 Å². The normalized spacial score (nSPS) is 21.0. The Balaban J connectivity index is 1.98. The highest BCUT2D eigenvalue weighted by molar-refractivity contribution is 5.44. The fourth-order valence-electron chi connectivity index (χ4n) is 4.08. The van der Waals surface area contributed by atoms with Crippen LogP contribution in [0.2, 0.25) is 0 Å². The monoisotopic (exact) mass is 477 g/mol. The van der Waals surface area contributed by atoms with E-state index in [0.717, 1.165) is 30.3 Å². The molecule has 0 bridgehead atoms. The molecule has 1 aromatic heterocycles. The van der Waals surface area contributed by atoms with E-state index in [2.05, 4.69) is 11.9 Å². The minimum Gasteiger partial charge on any atom is -0.394 e. The zero-order valence-electron chi connectivity index (χ0n) is 19.1. The molecule has 11 nitrogen and oxygen atoms in total. The summed E-state index contributed by atoms with van der Waals surface area (Å²) in [6.45, 7) is 1.95. The lowest BCUT2D eigenvalue weighted by atomic mass is 10.0. The predicted octanol–water partition coefficient (Wildman–Crippen LogP) is 2.16. The molecule has 4 atom stereocenters. The fourth-order valence-corrected chi connectivity index (χ4v) is 4.08. The first-order valence-electron chi connectivity index (χ1n) is 11.5. The lowest BCUT2D eigenvalue weighted by molar-refractivity contribution is -0.386. The van der Waals surface area contributed by atoms with Gasteiger partial charge in [-0.15, -0.1) is 0 Å². The van der Waals surface area contributed by atoms with Crippen molar-refractivity contribution >= 4 is 5.69 Å². The van der Waals surface area contributed by atoms with E-state index < -0.39 is 47.3 Å². The van der Waals surface area contributed by atoms with Gasteiger partial charge in [0.15, 0.2) is 0 Å². The van der Waals surface area contributed by atoms with Crippen LogP contribution in [0.3, 0.4) is 0 Å². The Bertz CT molecular complexity index is 1080. The number of aliphatic hydroxyl groups is 2. The number of para-hydroxylation sites is 1. The Hall–Kier alpha value is -2.86. The van der Waals surface area contributed by atoms with Gasteiger partial charge in [0, 0.05) is 25.3 Å². The summed E-state index contributed by atoms with van der Waals surface area (Å²) in [5.74, 6) is 0. The molecule has 1 aliphatic rings. The highest BCUT2D eigenvalue weighted by Gasteiger charge is 2.36. The Morgan fingerprint density at radius 3 is 2.65 bits per heavy atom. The molecule has 0 amide bonds. The van der Waals surface area contributed by atoms with Gasteiger partial charge in [-0.05, 0) is 12.5 Å². The number of aromatic amines is 1. The molecule has 2 aromatic rings. The number of unbranched alkanes of at least 4 members (excludes halogenated alkanes) is 4. The quantitative estimate of drug-likeness (QED) is 0.238. The van der Waals surface area contributed by atoms with Gasteiger partial charge >= 0.3 is 5.69 Å². The molecule has 1 unspecified atom stereocenters. The van der Waals surface area contributed by atoms with Gasteiger partial charge in [-0.3, -0.25) is 24.5 Å². The zero-order chi connectivity index (χ0) is 24.7. The SMILES string of the molecule is CCCCCCCOC(c1ccccc1[N+](=O)[O-])c1cn([C@H]2C[C@H](O)[C@@H](CO)O2)c(=O)[nH]c1=O. The van der Waals surface area contributed by atoms with Crippen LogP contribution >= 0.6 is 0 Å². The van der Waals surface area contributed by atoms with Crippen molar-refractivity contribution in [2.45, 2.75) is 70.0 Å². The number of ether oxygens (including phenoxy) is 2. The Kier molecular flexibility index (Phi) is 9.11. The molecule has 0 aliphatic carbocycles. The van der Waals surface area contributed by atoms with Crippen molar-refractivity contribution in [3.05, 3.63) is 72.5 Å². The second-order valence-electron chi connectivity index (χ2n) is 8.35. The predicted molar refractivity (Wildman–Crippen MR) is 123 cm³/mol. The number of aromatic nitrogens is 2. The number of nitrogens with zero attached hydrogens (tertiary/aromatic N) is 2. The third-order valence-electron chi connectivity index (χ3n) is 5.92. The smallest absolute Gasteiger partial charge is 0.330 e. The molecule has 0 radical (unpaired) electrons. The minimum absolute atomic E-state index is 0.00740. The number of H-pyrrole nitrogens is 1. The summed E-state index contributed by atoms with van der Waals surface area (Å²) in [6, 6.07) is 6.00. The molecule has 34 heavy (non-hydrogen) atoms. The Labute approximate surface area is 196 Å². The number of nitro groups is 1. The molecule has 1 fully saturated rings. The summed E-state index contributed by atoms with van der Waals surface area (Å²) in [6.07, 6.45) is 2.29. The van der Waals surface area contributed by atoms with Crippen LogP contribution in [-0.4, -0.2) is 50.1 Å². The summed E-state index contributed by atoms with van der Waals surface area (Å²) in [5.41, 5.74) is -1.49. The van der Waals surface area contributed by atoms with Crippen molar-refractivity contribution in [3.8, 4) is 0 Å². The highest BCUT2D eigenvalue weighted by atomic mass is 16.6. The molecule has 3 N–H and O–H groups in total. The molecule has 0 spiro atoms. The molecule has 1 aliphatic heterocycles. The van der Waals surface area contributed by atoms with Crippen molar-refractivity contribution in [3.63, 3.8) is 0 Å². The average Bonchev–Trinajstić information content (AvgIpc) is 3.19. The molecule has 186 valence electrons. The molecular formula is C23H31N3O8. The molecule has 2 heterocycles. The molecule has 3 rings (SSSR count). The van der Waals surface area contributed by atoms with Gasteiger partial charge in [0.05, 0.1) is 28.8 Å². The minimum atomic E-state index is -1.09. The van der Waals surface area contributed by atoms with Crippen molar-refractivity contribution in [2.24, 2.45) is 0 Å². The third kappa shape index (κ3) is 5.98. The summed E-state index contributed by atoms with van der Waals surface area (Å²) in [7, 11) is 0. The first-order chi connectivity index (χ1) is 16.4. The average molecular weight is 478 g/mol. The molecular weight excluding hydrogens is 446 g/mol. The van der Waals surface area contributed by atoms with Crippen LogP contribution in [0.25, 0.3) is 0 Å². The van der Waals surface area contributed by atoms with E-state index in [1.165, 1.54) is 24.4 Å². The van der Waals surface area contributed by atoms with Crippen LogP contribution in [0.1, 0.15) is 68.9 Å². The van der Waals surface area contributed by atoms with E-state index in [0.29, 0.717) is 6.42 Å². The van der Waals surface area contributed by atoms with E-state index in [1.807, 2.05) is 0 Å². The van der Waals surface area contributed by atoms with E-state index in [9.17, 15) is 29.9 Å². The lowest BCUT2D eigenvalue weighted by Gasteiger charge is -2.21. The topological polar surface area (TPSA) is 157 Å². The second-order valence-corrected chi connectivity index (χ2v) is 8.35. The van der Waals surface area contributed by atoms with Crippen molar-refractivity contribution in [1.29, 1.82) is 0 Å². The number of nitrogens with one attached hydrogen (secondary N) is 1. The van der Waals surface area contributed by atoms with E-state index in [1.54, 1.807) is 6.07 Å². The third-order valence-corrected chi connectivity index (χ3v) is 5.92. The largest absolute Gasteiger partial charge is 0.394 e. The maximum absolute atomic E-state index is 12.8. The van der Waals surface area contributed by atoms with Crippen molar-refractivity contribution < 1.29 is 24.6 Å². The van der Waals surface area contributed by atoms with Crippen molar-refractivity contribution in [1.82, 2.24) is 9.55 Å². The molecule has 1 aromatic carbocycles. The van der Waals surface area contributed by atoms with E-state index in [4.69, 9.17) is 9.47 Å². The van der Waals surface area contributed by atoms with Gasteiger partial charge in [-0.2, -0.15) is 0 Å². The van der Waals surface area contributed by atoms with Gasteiger partial charge in [0.25, 0.3) is 11.2 Å². The van der Waals surface area contributed by atoms with Gasteiger partial charge in [-0.1, -0.05) is 44.7 Å². The lowest BCUT2D eigenvalue weighted by Crippen LogP contribution is -2.35. The Morgan fingerprint density at radius 2 is 1.97 bits per heavy atom. The number of hydrogen-bond donors (Lipinski definition) is 3. The number of rotatable bonds is 12. The number of aliphatic hydroxyl groups excluding tert-OH is 2. The Morgan fingerprint density at radius 1 is 1.24 bits per heavy atom.